The van der Waals surface area contributed by atoms with Crippen LogP contribution in [0.3, 0.4) is 0 Å². The summed E-state index contributed by atoms with van der Waals surface area (Å²) in [6.45, 7) is 4.94. The molecule has 0 rings (SSSR count). The van der Waals surface area contributed by atoms with E-state index in [9.17, 15) is 14.3 Å². The van der Waals surface area contributed by atoms with Crippen molar-refractivity contribution in [1.82, 2.24) is 0 Å². The molecule has 0 aliphatic heterocycles. The molecule has 0 fully saturated rings. The van der Waals surface area contributed by atoms with E-state index >= 15 is 0 Å². The molecule has 0 aromatic heterocycles. The van der Waals surface area contributed by atoms with Crippen molar-refractivity contribution in [2.75, 3.05) is 33.0 Å². The monoisotopic (exact) mass is 800 g/mol. The van der Waals surface area contributed by atoms with E-state index in [1.165, 1.54) is 167 Å². The van der Waals surface area contributed by atoms with Crippen LogP contribution in [0.1, 0.15) is 226 Å². The highest BCUT2D eigenvalue weighted by Gasteiger charge is 2.25. The lowest BCUT2D eigenvalue weighted by atomic mass is 10.0. The summed E-state index contributed by atoms with van der Waals surface area (Å²) in [5.74, 6) is -0.329. The molecule has 0 radical (unpaired) electrons. The summed E-state index contributed by atoms with van der Waals surface area (Å²) >= 11 is 0. The molecule has 3 N–H and O–H groups in total. The molecule has 0 aromatic rings. The van der Waals surface area contributed by atoms with E-state index in [0.717, 1.165) is 38.5 Å². The molecule has 9 heteroatoms. The van der Waals surface area contributed by atoms with Gasteiger partial charge < -0.3 is 20.1 Å². The fourth-order valence-corrected chi connectivity index (χ4v) is 7.44. The van der Waals surface area contributed by atoms with Crippen LogP contribution in [0, 0.1) is 0 Å². The quantitative estimate of drug-likeness (QED) is 0.0271. The number of phosphoric ester groups is 1. The summed E-state index contributed by atoms with van der Waals surface area (Å²) in [6, 6.07) is 0. The Bertz CT molecular complexity index is 900. The minimum atomic E-state index is -4.27. The average molecular weight is 800 g/mol. The number of esters is 1. The lowest BCUT2D eigenvalue weighted by Gasteiger charge is -2.20. The van der Waals surface area contributed by atoms with Crippen LogP contribution >= 0.6 is 7.82 Å². The van der Waals surface area contributed by atoms with E-state index in [-0.39, 0.29) is 32.3 Å². The summed E-state index contributed by atoms with van der Waals surface area (Å²) < 4.78 is 33.5. The van der Waals surface area contributed by atoms with Crippen molar-refractivity contribution in [3.8, 4) is 0 Å². The first-order valence-electron chi connectivity index (χ1n) is 23.3. The summed E-state index contributed by atoms with van der Waals surface area (Å²) in [7, 11) is -4.27. The highest BCUT2D eigenvalue weighted by atomic mass is 31.2. The largest absolute Gasteiger partial charge is 0.472 e. The molecular weight excluding hydrogens is 709 g/mol. The van der Waals surface area contributed by atoms with Crippen molar-refractivity contribution < 1.29 is 32.8 Å². The van der Waals surface area contributed by atoms with E-state index < -0.39 is 13.9 Å². The maximum absolute atomic E-state index is 12.6. The predicted octanol–water partition coefficient (Wildman–Crippen LogP) is 14.0. The second kappa shape index (κ2) is 44.1. The van der Waals surface area contributed by atoms with Gasteiger partial charge in [0.2, 0.25) is 0 Å². The number of carbonyl (C=O) groups is 1. The second-order valence-corrected chi connectivity index (χ2v) is 17.1. The molecule has 0 aliphatic carbocycles. The number of hydrogen-bond acceptors (Lipinski definition) is 7. The van der Waals surface area contributed by atoms with Crippen LogP contribution < -0.4 is 5.73 Å². The van der Waals surface area contributed by atoms with Crippen LogP contribution in [0.4, 0.5) is 0 Å². The van der Waals surface area contributed by atoms with E-state index in [0.29, 0.717) is 13.0 Å². The predicted molar refractivity (Wildman–Crippen MR) is 233 cm³/mol. The molecule has 2 atom stereocenters. The second-order valence-electron chi connectivity index (χ2n) is 15.6. The zero-order valence-corrected chi connectivity index (χ0v) is 37.1. The summed E-state index contributed by atoms with van der Waals surface area (Å²) in [5, 5.41) is 0. The first kappa shape index (κ1) is 54.0. The third-order valence-electron chi connectivity index (χ3n) is 10.1. The fraction of sp³-hybridized carbons (Fsp3) is 0.891. The Morgan fingerprint density at radius 2 is 0.964 bits per heavy atom. The van der Waals surface area contributed by atoms with Gasteiger partial charge in [-0.15, -0.1) is 0 Å². The van der Waals surface area contributed by atoms with Gasteiger partial charge in [-0.1, -0.05) is 199 Å². The zero-order chi connectivity index (χ0) is 40.2. The number of carbonyl (C=O) groups excluding carboxylic acids is 1. The Morgan fingerprint density at radius 1 is 0.545 bits per heavy atom. The Morgan fingerprint density at radius 3 is 1.42 bits per heavy atom. The van der Waals surface area contributed by atoms with Gasteiger partial charge in [0.25, 0.3) is 0 Å². The van der Waals surface area contributed by atoms with Gasteiger partial charge in [-0.3, -0.25) is 13.8 Å². The SMILES string of the molecule is CCCCCCC/C=C\C/C=C\CCCCCCCCCCCCCCOCC(COP(=O)(O)OCCN)OC(=O)CCCCCCCCCCCCCC. The van der Waals surface area contributed by atoms with Gasteiger partial charge in [-0.25, -0.2) is 4.57 Å². The molecule has 326 valence electrons. The van der Waals surface area contributed by atoms with E-state index in [1.807, 2.05) is 0 Å². The number of unbranched alkanes of at least 4 members (excludes halogenated alkanes) is 28. The van der Waals surface area contributed by atoms with Gasteiger partial charge in [0, 0.05) is 19.6 Å². The van der Waals surface area contributed by atoms with Gasteiger partial charge in [-0.05, 0) is 44.9 Å². The van der Waals surface area contributed by atoms with Crippen LogP contribution in [-0.2, 0) is 27.9 Å². The molecule has 0 saturated heterocycles. The standard InChI is InChI=1S/C46H90NO7P/c1-3-5-7-9-11-13-15-17-18-19-20-21-22-23-24-25-26-27-28-30-32-34-36-38-41-51-43-45(44-53-55(49,50)52-42-40-47)54-46(48)39-37-35-33-31-29-16-14-12-10-8-6-4-2/h15,17,19-20,45H,3-14,16,18,21-44,47H2,1-2H3,(H,49,50)/b17-15-,20-19-. The molecular formula is C46H90NO7P. The van der Waals surface area contributed by atoms with Gasteiger partial charge >= 0.3 is 13.8 Å². The van der Waals surface area contributed by atoms with Crippen LogP contribution in [0.2, 0.25) is 0 Å². The van der Waals surface area contributed by atoms with Crippen molar-refractivity contribution in [2.24, 2.45) is 5.73 Å². The number of nitrogens with two attached hydrogens (primary N) is 1. The van der Waals surface area contributed by atoms with E-state index in [4.69, 9.17) is 24.3 Å². The molecule has 55 heavy (non-hydrogen) atoms. The molecule has 0 aromatic carbocycles. The third-order valence-corrected chi connectivity index (χ3v) is 11.1. The number of phosphoric acid groups is 1. The molecule has 0 aliphatic rings. The molecule has 0 saturated carbocycles. The van der Waals surface area contributed by atoms with Crippen molar-refractivity contribution in [2.45, 2.75) is 232 Å². The van der Waals surface area contributed by atoms with Gasteiger partial charge in [0.1, 0.15) is 6.10 Å². The summed E-state index contributed by atoms with van der Waals surface area (Å²) in [4.78, 5) is 22.5. The normalized spacial score (nSPS) is 13.6. The highest BCUT2D eigenvalue weighted by Crippen LogP contribution is 2.43. The minimum Gasteiger partial charge on any atom is -0.457 e. The Labute approximate surface area is 340 Å². The molecule has 0 spiro atoms. The van der Waals surface area contributed by atoms with E-state index in [2.05, 4.69) is 38.2 Å². The fourth-order valence-electron chi connectivity index (χ4n) is 6.68. The zero-order valence-electron chi connectivity index (χ0n) is 36.2. The Kier molecular flexibility index (Phi) is 43.3. The molecule has 8 nitrogen and oxygen atoms in total. The molecule has 0 heterocycles. The molecule has 0 bridgehead atoms. The van der Waals surface area contributed by atoms with Gasteiger partial charge in [-0.2, -0.15) is 0 Å². The van der Waals surface area contributed by atoms with Crippen LogP contribution in [0.25, 0.3) is 0 Å². The van der Waals surface area contributed by atoms with Crippen molar-refractivity contribution in [3.63, 3.8) is 0 Å². The topological polar surface area (TPSA) is 117 Å². The third kappa shape index (κ3) is 43.9. The number of allylic oxidation sites excluding steroid dienone is 4. The van der Waals surface area contributed by atoms with Gasteiger partial charge in [0.15, 0.2) is 0 Å². The summed E-state index contributed by atoms with van der Waals surface area (Å²) in [5.41, 5.74) is 5.37. The summed E-state index contributed by atoms with van der Waals surface area (Å²) in [6.07, 6.45) is 49.2. The maximum atomic E-state index is 12.6. The van der Waals surface area contributed by atoms with Crippen LogP contribution in [0.5, 0.6) is 0 Å². The molecule has 0 amide bonds. The Balaban J connectivity index is 3.89. The van der Waals surface area contributed by atoms with Crippen molar-refractivity contribution in [3.05, 3.63) is 24.3 Å². The molecule has 2 unspecified atom stereocenters. The van der Waals surface area contributed by atoms with Gasteiger partial charge in [0.05, 0.1) is 19.8 Å². The van der Waals surface area contributed by atoms with Crippen LogP contribution in [-0.4, -0.2) is 49.9 Å². The smallest absolute Gasteiger partial charge is 0.457 e. The average Bonchev–Trinajstić information content (AvgIpc) is 3.17. The number of hydrogen-bond donors (Lipinski definition) is 2. The van der Waals surface area contributed by atoms with E-state index in [1.54, 1.807) is 0 Å². The first-order chi connectivity index (χ1) is 26.9. The lowest BCUT2D eigenvalue weighted by Crippen LogP contribution is -2.28. The maximum Gasteiger partial charge on any atom is 0.472 e. The van der Waals surface area contributed by atoms with Crippen LogP contribution in [0.15, 0.2) is 24.3 Å². The minimum absolute atomic E-state index is 0.0933. The van der Waals surface area contributed by atoms with Crippen molar-refractivity contribution >= 4 is 13.8 Å². The van der Waals surface area contributed by atoms with Crippen molar-refractivity contribution in [1.29, 1.82) is 0 Å². The Hall–Kier alpha value is -1.02. The lowest BCUT2D eigenvalue weighted by molar-refractivity contribution is -0.154. The first-order valence-corrected chi connectivity index (χ1v) is 24.8. The highest BCUT2D eigenvalue weighted by molar-refractivity contribution is 7.47. The number of rotatable bonds is 45. The number of ether oxygens (including phenoxy) is 2.